The zero-order chi connectivity index (χ0) is 13.4. The molecule has 0 fully saturated rings. The average molecular weight is 269 g/mol. The van der Waals surface area contributed by atoms with Gasteiger partial charge in [0.25, 0.3) is 0 Å². The van der Waals surface area contributed by atoms with Gasteiger partial charge in [-0.25, -0.2) is 4.98 Å². The second-order valence-corrected chi connectivity index (χ2v) is 5.28. The Bertz CT molecular complexity index is 627. The Kier molecular flexibility index (Phi) is 2.95. The summed E-state index contributed by atoms with van der Waals surface area (Å²) in [7, 11) is 0. The Labute approximate surface area is 118 Å². The number of thiocarbonyl (C=S) groups is 1. The summed E-state index contributed by atoms with van der Waals surface area (Å²) < 4.78 is 0. The normalized spacial score (nSPS) is 13.4. The molecule has 4 heteroatoms. The highest BCUT2D eigenvalue weighted by molar-refractivity contribution is 7.80. The summed E-state index contributed by atoms with van der Waals surface area (Å²) in [5.41, 5.74) is 10.3. The van der Waals surface area contributed by atoms with Gasteiger partial charge < -0.3 is 10.6 Å². The molecule has 0 atom stereocenters. The fraction of sp³-hybridized carbons (Fsp3) is 0.200. The Morgan fingerprint density at radius 3 is 2.42 bits per heavy atom. The van der Waals surface area contributed by atoms with Gasteiger partial charge >= 0.3 is 0 Å². The number of fused-ring (bicyclic) bond motifs is 1. The number of aromatic nitrogens is 1. The molecule has 0 saturated carbocycles. The van der Waals surface area contributed by atoms with Crippen LogP contribution in [-0.4, -0.2) is 9.97 Å². The minimum atomic E-state index is 0.420. The van der Waals surface area contributed by atoms with E-state index in [0.717, 1.165) is 30.2 Å². The second-order valence-electron chi connectivity index (χ2n) is 4.84. The minimum absolute atomic E-state index is 0.420. The summed E-state index contributed by atoms with van der Waals surface area (Å²) in [6.45, 7) is 3.75. The smallest absolute Gasteiger partial charge is 0.130 e. The number of rotatable bonds is 2. The average Bonchev–Trinajstić information content (AvgIpc) is 2.81. The van der Waals surface area contributed by atoms with Gasteiger partial charge in [-0.3, -0.25) is 0 Å². The SMILES string of the molecule is Cc1cc(C(N)=S)cc(N2Cc3ccccc3C2)n1. The monoisotopic (exact) mass is 269 g/mol. The van der Waals surface area contributed by atoms with Crippen LogP contribution in [0.3, 0.4) is 0 Å². The summed E-state index contributed by atoms with van der Waals surface area (Å²) in [6, 6.07) is 12.4. The highest BCUT2D eigenvalue weighted by Gasteiger charge is 2.20. The Hall–Kier alpha value is -1.94. The van der Waals surface area contributed by atoms with E-state index in [-0.39, 0.29) is 0 Å². The first kappa shape index (κ1) is 12.1. The van der Waals surface area contributed by atoms with Gasteiger partial charge in [0.05, 0.1) is 0 Å². The largest absolute Gasteiger partial charge is 0.389 e. The number of nitrogens with two attached hydrogens (primary N) is 1. The van der Waals surface area contributed by atoms with E-state index in [2.05, 4.69) is 34.1 Å². The van der Waals surface area contributed by atoms with E-state index in [1.165, 1.54) is 11.1 Å². The third kappa shape index (κ3) is 2.31. The first-order chi connectivity index (χ1) is 9.13. The van der Waals surface area contributed by atoms with Crippen molar-refractivity contribution in [2.24, 2.45) is 5.73 Å². The summed E-state index contributed by atoms with van der Waals surface area (Å²) in [5, 5.41) is 0. The molecular formula is C15H15N3S. The fourth-order valence-electron chi connectivity index (χ4n) is 2.45. The topological polar surface area (TPSA) is 42.1 Å². The third-order valence-corrected chi connectivity index (χ3v) is 3.62. The maximum atomic E-state index is 5.72. The van der Waals surface area contributed by atoms with E-state index in [1.54, 1.807) is 0 Å². The lowest BCUT2D eigenvalue weighted by molar-refractivity contribution is 0.852. The van der Waals surface area contributed by atoms with Crippen molar-refractivity contribution < 1.29 is 0 Å². The first-order valence-corrected chi connectivity index (χ1v) is 6.64. The second kappa shape index (κ2) is 4.63. The zero-order valence-electron chi connectivity index (χ0n) is 10.8. The van der Waals surface area contributed by atoms with Crippen molar-refractivity contribution in [3.05, 3.63) is 58.8 Å². The number of aryl methyl sites for hydroxylation is 1. The molecule has 0 amide bonds. The molecule has 19 heavy (non-hydrogen) atoms. The van der Waals surface area contributed by atoms with E-state index in [9.17, 15) is 0 Å². The van der Waals surface area contributed by atoms with Crippen LogP contribution in [-0.2, 0) is 13.1 Å². The molecule has 0 saturated heterocycles. The minimum Gasteiger partial charge on any atom is -0.389 e. The molecule has 2 N–H and O–H groups in total. The van der Waals surface area contributed by atoms with Crippen molar-refractivity contribution in [1.82, 2.24) is 4.98 Å². The zero-order valence-corrected chi connectivity index (χ0v) is 11.6. The van der Waals surface area contributed by atoms with Crippen LogP contribution < -0.4 is 10.6 Å². The summed E-state index contributed by atoms with van der Waals surface area (Å²) in [5.74, 6) is 0.944. The van der Waals surface area contributed by atoms with Crippen molar-refractivity contribution in [3.63, 3.8) is 0 Å². The van der Waals surface area contributed by atoms with Gasteiger partial charge in [-0.2, -0.15) is 0 Å². The predicted octanol–water partition coefficient (Wildman–Crippen LogP) is 2.54. The summed E-state index contributed by atoms with van der Waals surface area (Å²) >= 11 is 5.06. The van der Waals surface area contributed by atoms with Gasteiger partial charge in [-0.1, -0.05) is 36.5 Å². The molecule has 2 heterocycles. The van der Waals surface area contributed by atoms with Crippen molar-refractivity contribution in [1.29, 1.82) is 0 Å². The first-order valence-electron chi connectivity index (χ1n) is 6.24. The van der Waals surface area contributed by atoms with Gasteiger partial charge in [-0.05, 0) is 30.2 Å². The predicted molar refractivity (Wildman–Crippen MR) is 81.2 cm³/mol. The highest BCUT2D eigenvalue weighted by atomic mass is 32.1. The van der Waals surface area contributed by atoms with Crippen LogP contribution in [0.2, 0.25) is 0 Å². The van der Waals surface area contributed by atoms with Crippen molar-refractivity contribution >= 4 is 23.0 Å². The molecule has 0 spiro atoms. The van der Waals surface area contributed by atoms with E-state index in [4.69, 9.17) is 18.0 Å². The van der Waals surface area contributed by atoms with E-state index in [1.807, 2.05) is 19.1 Å². The van der Waals surface area contributed by atoms with Crippen LogP contribution in [0.4, 0.5) is 5.82 Å². The number of pyridine rings is 1. The number of hydrogen-bond acceptors (Lipinski definition) is 3. The third-order valence-electron chi connectivity index (χ3n) is 3.39. The molecular weight excluding hydrogens is 254 g/mol. The molecule has 1 aliphatic heterocycles. The van der Waals surface area contributed by atoms with Crippen LogP contribution >= 0.6 is 12.2 Å². The molecule has 1 aromatic heterocycles. The Morgan fingerprint density at radius 2 is 1.84 bits per heavy atom. The molecule has 0 radical (unpaired) electrons. The standard InChI is InChI=1S/C15H15N3S/c1-10-6-13(15(16)19)7-14(17-10)18-8-11-4-2-3-5-12(11)9-18/h2-7H,8-9H2,1H3,(H2,16,19). The fourth-order valence-corrected chi connectivity index (χ4v) is 2.57. The van der Waals surface area contributed by atoms with Crippen LogP contribution in [0.5, 0.6) is 0 Å². The molecule has 96 valence electrons. The molecule has 3 nitrogen and oxygen atoms in total. The molecule has 1 aromatic carbocycles. The number of benzene rings is 1. The van der Waals surface area contributed by atoms with Gasteiger partial charge in [-0.15, -0.1) is 0 Å². The van der Waals surface area contributed by atoms with Crippen LogP contribution in [0.1, 0.15) is 22.4 Å². The molecule has 1 aliphatic rings. The summed E-state index contributed by atoms with van der Waals surface area (Å²) in [6.07, 6.45) is 0. The number of nitrogens with zero attached hydrogens (tertiary/aromatic N) is 2. The molecule has 2 aromatic rings. The lowest BCUT2D eigenvalue weighted by Gasteiger charge is -2.18. The quantitative estimate of drug-likeness (QED) is 0.851. The van der Waals surface area contributed by atoms with Gasteiger partial charge in [0.15, 0.2) is 0 Å². The maximum Gasteiger partial charge on any atom is 0.130 e. The molecule has 0 unspecified atom stereocenters. The van der Waals surface area contributed by atoms with Crippen LogP contribution in [0, 0.1) is 6.92 Å². The van der Waals surface area contributed by atoms with E-state index >= 15 is 0 Å². The highest BCUT2D eigenvalue weighted by Crippen LogP contribution is 2.27. The van der Waals surface area contributed by atoms with Gasteiger partial charge in [0, 0.05) is 24.3 Å². The van der Waals surface area contributed by atoms with E-state index < -0.39 is 0 Å². The van der Waals surface area contributed by atoms with Crippen molar-refractivity contribution in [3.8, 4) is 0 Å². The van der Waals surface area contributed by atoms with Crippen molar-refractivity contribution in [2.75, 3.05) is 4.90 Å². The van der Waals surface area contributed by atoms with E-state index in [0.29, 0.717) is 4.99 Å². The lowest BCUT2D eigenvalue weighted by atomic mass is 10.1. The number of anilines is 1. The lowest BCUT2D eigenvalue weighted by Crippen LogP contribution is -2.18. The Morgan fingerprint density at radius 1 is 1.21 bits per heavy atom. The number of hydrogen-bond donors (Lipinski definition) is 1. The molecule has 0 aliphatic carbocycles. The molecule has 0 bridgehead atoms. The molecule has 3 rings (SSSR count). The van der Waals surface area contributed by atoms with Crippen molar-refractivity contribution in [2.45, 2.75) is 20.0 Å². The summed E-state index contributed by atoms with van der Waals surface area (Å²) in [4.78, 5) is 7.26. The maximum absolute atomic E-state index is 5.72. The van der Waals surface area contributed by atoms with Gasteiger partial charge in [0.1, 0.15) is 10.8 Å². The van der Waals surface area contributed by atoms with Crippen LogP contribution in [0.25, 0.3) is 0 Å². The Balaban J connectivity index is 1.95. The van der Waals surface area contributed by atoms with Crippen LogP contribution in [0.15, 0.2) is 36.4 Å². The van der Waals surface area contributed by atoms with Gasteiger partial charge in [0.2, 0.25) is 0 Å².